The molecule has 0 rings (SSSR count). The molecule has 4 heteroatoms. The Morgan fingerprint density at radius 2 is 1.80 bits per heavy atom. The summed E-state index contributed by atoms with van der Waals surface area (Å²) < 4.78 is 0. The highest BCUT2D eigenvalue weighted by Gasteiger charge is 1.96. The average molecular weight is 234 g/mol. The van der Waals surface area contributed by atoms with Crippen molar-refractivity contribution in [2.24, 2.45) is 9.98 Å². The first-order chi connectivity index (χ1) is 6.70. The molecule has 0 aliphatic carbocycles. The van der Waals surface area contributed by atoms with Crippen LogP contribution in [0, 0.1) is 0 Å². The van der Waals surface area contributed by atoms with Crippen molar-refractivity contribution in [2.45, 2.75) is 39.2 Å². The van der Waals surface area contributed by atoms with Crippen LogP contribution in [0.4, 0.5) is 0 Å². The van der Waals surface area contributed by atoms with Gasteiger partial charge in [-0.25, -0.2) is 9.98 Å². The number of hydrogen-bond acceptors (Lipinski definition) is 3. The predicted molar refractivity (Wildman–Crippen MR) is 69.5 cm³/mol. The van der Waals surface area contributed by atoms with Crippen molar-refractivity contribution >= 4 is 18.4 Å². The molecular weight excluding hydrogens is 210 g/mol. The summed E-state index contributed by atoms with van der Waals surface area (Å²) in [7, 11) is 4.14. The van der Waals surface area contributed by atoms with E-state index in [1.54, 1.807) is 0 Å². The molecule has 0 atom stereocenters. The van der Waals surface area contributed by atoms with Gasteiger partial charge in [0.2, 0.25) is 0 Å². The zero-order valence-corrected chi connectivity index (χ0v) is 11.2. The van der Waals surface area contributed by atoms with E-state index in [0.29, 0.717) is 6.04 Å². The average Bonchev–Trinajstić information content (AvgIpc) is 2.16. The van der Waals surface area contributed by atoms with Crippen LogP contribution in [0.1, 0.15) is 33.1 Å². The first-order valence-electron chi connectivity index (χ1n) is 5.46. The number of nitrogens with zero attached hydrogens (tertiary/aromatic N) is 3. The van der Waals surface area contributed by atoms with E-state index in [2.05, 4.69) is 48.8 Å². The lowest BCUT2D eigenvalue weighted by Gasteiger charge is -2.06. The molecule has 0 radical (unpaired) electrons. The van der Waals surface area contributed by atoms with Crippen molar-refractivity contribution in [2.75, 3.05) is 27.2 Å². The van der Waals surface area contributed by atoms with E-state index in [9.17, 15) is 0 Å². The second-order valence-corrected chi connectivity index (χ2v) is 3.74. The SMILES string of the molecule is CCC(CC)N=C=NCCCN(C)C.Cl. The van der Waals surface area contributed by atoms with Gasteiger partial charge in [-0.05, 0) is 39.9 Å². The third-order valence-corrected chi connectivity index (χ3v) is 2.13. The number of halogens is 1. The van der Waals surface area contributed by atoms with E-state index >= 15 is 0 Å². The molecular formula is C11H24ClN3. The normalized spacial score (nSPS) is 9.73. The fourth-order valence-electron chi connectivity index (χ4n) is 1.11. The summed E-state index contributed by atoms with van der Waals surface area (Å²) in [6.07, 6.45) is 3.24. The Morgan fingerprint density at radius 1 is 1.20 bits per heavy atom. The molecule has 0 aromatic carbocycles. The smallest absolute Gasteiger partial charge is 0.0895 e. The van der Waals surface area contributed by atoms with Gasteiger partial charge in [0.25, 0.3) is 0 Å². The van der Waals surface area contributed by atoms with Crippen LogP contribution < -0.4 is 0 Å². The van der Waals surface area contributed by atoms with Gasteiger partial charge in [-0.1, -0.05) is 13.8 Å². The molecule has 0 aliphatic rings. The summed E-state index contributed by atoms with van der Waals surface area (Å²) in [5.74, 6) is 0. The molecule has 90 valence electrons. The van der Waals surface area contributed by atoms with Crippen molar-refractivity contribution < 1.29 is 0 Å². The van der Waals surface area contributed by atoms with E-state index in [1.807, 2.05) is 0 Å². The Hall–Kier alpha value is -0.370. The summed E-state index contributed by atoms with van der Waals surface area (Å²) >= 11 is 0. The lowest BCUT2D eigenvalue weighted by atomic mass is 10.2. The minimum absolute atomic E-state index is 0. The van der Waals surface area contributed by atoms with Gasteiger partial charge >= 0.3 is 0 Å². The van der Waals surface area contributed by atoms with Crippen LogP contribution in [0.5, 0.6) is 0 Å². The lowest BCUT2D eigenvalue weighted by molar-refractivity contribution is 0.403. The van der Waals surface area contributed by atoms with Crippen LogP contribution in [0.3, 0.4) is 0 Å². The van der Waals surface area contributed by atoms with Crippen LogP contribution in [0.2, 0.25) is 0 Å². The molecule has 0 heterocycles. The zero-order valence-electron chi connectivity index (χ0n) is 10.4. The van der Waals surface area contributed by atoms with Crippen LogP contribution in [-0.2, 0) is 0 Å². The van der Waals surface area contributed by atoms with E-state index in [0.717, 1.165) is 32.4 Å². The van der Waals surface area contributed by atoms with E-state index in [-0.39, 0.29) is 12.4 Å². The summed E-state index contributed by atoms with van der Waals surface area (Å²) in [4.78, 5) is 10.5. The highest BCUT2D eigenvalue weighted by molar-refractivity contribution is 5.85. The standard InChI is InChI=1S/C11H23N3.ClH/c1-5-11(6-2)13-10-12-8-7-9-14(3)4;/h11H,5-9H2,1-4H3;1H. The van der Waals surface area contributed by atoms with Gasteiger partial charge in [0.1, 0.15) is 0 Å². The number of aliphatic imine (C=N–C) groups is 2. The molecule has 0 amide bonds. The Labute approximate surface area is 100 Å². The largest absolute Gasteiger partial charge is 0.309 e. The van der Waals surface area contributed by atoms with Gasteiger partial charge in [-0.2, -0.15) is 0 Å². The second kappa shape index (κ2) is 11.7. The molecule has 0 aromatic rings. The van der Waals surface area contributed by atoms with Gasteiger partial charge < -0.3 is 4.90 Å². The summed E-state index contributed by atoms with van der Waals surface area (Å²) in [6, 6.07) is 3.20. The Balaban J connectivity index is 0. The predicted octanol–water partition coefficient (Wildman–Crippen LogP) is 2.72. The summed E-state index contributed by atoms with van der Waals surface area (Å²) in [5.41, 5.74) is 0. The van der Waals surface area contributed by atoms with Crippen LogP contribution >= 0.6 is 12.4 Å². The Bertz CT molecular complexity index is 182. The zero-order chi connectivity index (χ0) is 10.8. The Morgan fingerprint density at radius 3 is 2.27 bits per heavy atom. The third kappa shape index (κ3) is 11.6. The van der Waals surface area contributed by atoms with E-state index in [1.165, 1.54) is 0 Å². The molecule has 15 heavy (non-hydrogen) atoms. The van der Waals surface area contributed by atoms with Crippen molar-refractivity contribution in [3.63, 3.8) is 0 Å². The molecule has 3 nitrogen and oxygen atoms in total. The number of rotatable bonds is 7. The minimum atomic E-state index is 0. The molecule has 0 unspecified atom stereocenters. The second-order valence-electron chi connectivity index (χ2n) is 3.74. The van der Waals surface area contributed by atoms with Crippen molar-refractivity contribution in [3.05, 3.63) is 0 Å². The van der Waals surface area contributed by atoms with E-state index < -0.39 is 0 Å². The quantitative estimate of drug-likeness (QED) is 0.491. The fraction of sp³-hybridized carbons (Fsp3) is 0.909. The molecule has 0 saturated carbocycles. The molecule has 0 aliphatic heterocycles. The summed E-state index contributed by atoms with van der Waals surface area (Å²) in [6.45, 7) is 6.20. The van der Waals surface area contributed by atoms with Gasteiger partial charge in [-0.15, -0.1) is 12.4 Å². The van der Waals surface area contributed by atoms with Gasteiger partial charge in [0.05, 0.1) is 18.6 Å². The molecule has 0 aromatic heterocycles. The number of hydrogen-bond donors (Lipinski definition) is 0. The van der Waals surface area contributed by atoms with Crippen LogP contribution in [0.15, 0.2) is 9.98 Å². The van der Waals surface area contributed by atoms with Crippen LogP contribution in [0.25, 0.3) is 0 Å². The molecule has 0 N–H and O–H groups in total. The maximum absolute atomic E-state index is 4.25. The third-order valence-electron chi connectivity index (χ3n) is 2.13. The van der Waals surface area contributed by atoms with Gasteiger partial charge in [0.15, 0.2) is 0 Å². The van der Waals surface area contributed by atoms with Crippen molar-refractivity contribution in [1.82, 2.24) is 4.90 Å². The topological polar surface area (TPSA) is 28.0 Å². The van der Waals surface area contributed by atoms with Crippen molar-refractivity contribution in [3.8, 4) is 0 Å². The van der Waals surface area contributed by atoms with Crippen LogP contribution in [-0.4, -0.2) is 44.1 Å². The monoisotopic (exact) mass is 233 g/mol. The maximum atomic E-state index is 4.25. The highest BCUT2D eigenvalue weighted by atomic mass is 35.5. The van der Waals surface area contributed by atoms with E-state index in [4.69, 9.17) is 0 Å². The maximum Gasteiger partial charge on any atom is 0.0895 e. The molecule has 0 fully saturated rings. The lowest BCUT2D eigenvalue weighted by Crippen LogP contribution is -2.13. The first kappa shape index (κ1) is 17.0. The molecule has 0 bridgehead atoms. The summed E-state index contributed by atoms with van der Waals surface area (Å²) in [5, 5.41) is 0. The fourth-order valence-corrected chi connectivity index (χ4v) is 1.11. The van der Waals surface area contributed by atoms with Gasteiger partial charge in [-0.3, -0.25) is 0 Å². The first-order valence-corrected chi connectivity index (χ1v) is 5.46. The van der Waals surface area contributed by atoms with Crippen molar-refractivity contribution in [1.29, 1.82) is 0 Å². The molecule has 0 saturated heterocycles. The highest BCUT2D eigenvalue weighted by Crippen LogP contribution is 1.99. The Kier molecular flexibility index (Phi) is 13.3. The molecule has 0 spiro atoms. The van der Waals surface area contributed by atoms with Gasteiger partial charge in [0, 0.05) is 0 Å². The minimum Gasteiger partial charge on any atom is -0.309 e.